The van der Waals surface area contributed by atoms with Gasteiger partial charge in [0, 0.05) is 7.05 Å². The van der Waals surface area contributed by atoms with Gasteiger partial charge in [0.2, 0.25) is 11.8 Å². The van der Waals surface area contributed by atoms with E-state index in [4.69, 9.17) is 10.2 Å². The van der Waals surface area contributed by atoms with Crippen LogP contribution in [-0.4, -0.2) is 51.9 Å². The summed E-state index contributed by atoms with van der Waals surface area (Å²) in [6.45, 7) is 0. The third kappa shape index (κ3) is 5.87. The molecule has 0 aromatic rings. The fraction of sp³-hybridized carbons (Fsp3) is 0.375. The number of carboxylic acid groups (broad SMARTS) is 2. The molecule has 0 aliphatic carbocycles. The molecule has 3 N–H and O–H groups in total. The Hall–Kier alpha value is -2.45. The number of carbonyl (C=O) groups is 5. The van der Waals surface area contributed by atoms with Crippen molar-refractivity contribution in [3.8, 4) is 0 Å². The molecule has 0 spiro atoms. The van der Waals surface area contributed by atoms with Crippen LogP contribution in [0.15, 0.2) is 0 Å². The number of barbiturate groups is 1. The second-order valence-corrected chi connectivity index (χ2v) is 2.95. The smallest absolute Gasteiger partial charge is 0.330 e. The molecule has 9 nitrogen and oxygen atoms in total. The highest BCUT2D eigenvalue weighted by molar-refractivity contribution is 6.13. The molecule has 0 radical (unpaired) electrons. The molecule has 17 heavy (non-hydrogen) atoms. The van der Waals surface area contributed by atoms with E-state index in [0.717, 1.165) is 4.90 Å². The van der Waals surface area contributed by atoms with Gasteiger partial charge in [-0.3, -0.25) is 29.4 Å². The third-order valence-corrected chi connectivity index (χ3v) is 1.54. The molecule has 0 aromatic carbocycles. The lowest BCUT2D eigenvalue weighted by atomic mass is 10.3. The summed E-state index contributed by atoms with van der Waals surface area (Å²) in [6.07, 6.45) is -1.04. The predicted octanol–water partition coefficient (Wildman–Crippen LogP) is -1.37. The van der Waals surface area contributed by atoms with Crippen molar-refractivity contribution in [1.29, 1.82) is 0 Å². The summed E-state index contributed by atoms with van der Waals surface area (Å²) in [4.78, 5) is 51.4. The minimum atomic E-state index is -1.31. The first-order valence-electron chi connectivity index (χ1n) is 4.28. The van der Waals surface area contributed by atoms with Crippen LogP contribution in [0.1, 0.15) is 12.8 Å². The first-order chi connectivity index (χ1) is 7.73. The molecule has 1 aliphatic rings. The summed E-state index contributed by atoms with van der Waals surface area (Å²) in [7, 11) is 1.32. The molecular weight excluding hydrogens is 236 g/mol. The standard InChI is InChI=1S/C5H6N2O3.C3H4O4/c1-7-4(9)2-3(8)6-5(7)10;4-2(5)1-3(6)7/h2H2,1H3,(H,6,8,10);1H2,(H,4,5)(H,6,7). The van der Waals surface area contributed by atoms with Crippen molar-refractivity contribution < 1.29 is 34.2 Å². The van der Waals surface area contributed by atoms with Crippen LogP contribution in [0.2, 0.25) is 0 Å². The van der Waals surface area contributed by atoms with Gasteiger partial charge in [-0.2, -0.15) is 0 Å². The Morgan fingerprint density at radius 2 is 1.71 bits per heavy atom. The largest absolute Gasteiger partial charge is 0.481 e. The molecule has 0 atom stereocenters. The number of carbonyl (C=O) groups excluding carboxylic acids is 3. The fourth-order valence-electron chi connectivity index (χ4n) is 0.746. The van der Waals surface area contributed by atoms with E-state index in [2.05, 4.69) is 0 Å². The number of nitrogens with zero attached hydrogens (tertiary/aromatic N) is 1. The lowest BCUT2D eigenvalue weighted by molar-refractivity contribution is -0.147. The van der Waals surface area contributed by atoms with E-state index in [1.165, 1.54) is 7.05 Å². The molecule has 0 aromatic heterocycles. The van der Waals surface area contributed by atoms with Gasteiger partial charge in [-0.15, -0.1) is 0 Å². The van der Waals surface area contributed by atoms with Gasteiger partial charge in [0.05, 0.1) is 0 Å². The number of rotatable bonds is 2. The number of hydrogen-bond acceptors (Lipinski definition) is 5. The second kappa shape index (κ2) is 6.20. The van der Waals surface area contributed by atoms with Crippen LogP contribution in [0.3, 0.4) is 0 Å². The second-order valence-electron chi connectivity index (χ2n) is 2.95. The Labute approximate surface area is 95.0 Å². The molecule has 4 amide bonds. The maximum absolute atomic E-state index is 10.7. The van der Waals surface area contributed by atoms with Gasteiger partial charge < -0.3 is 10.2 Å². The van der Waals surface area contributed by atoms with E-state index in [0.29, 0.717) is 0 Å². The first kappa shape index (κ1) is 14.6. The van der Waals surface area contributed by atoms with E-state index in [9.17, 15) is 24.0 Å². The summed E-state index contributed by atoms with van der Waals surface area (Å²) < 4.78 is 0. The zero-order valence-electron chi connectivity index (χ0n) is 8.80. The molecule has 1 rings (SSSR count). The zero-order valence-corrected chi connectivity index (χ0v) is 8.80. The third-order valence-electron chi connectivity index (χ3n) is 1.54. The lowest BCUT2D eigenvalue weighted by Gasteiger charge is -2.19. The van der Waals surface area contributed by atoms with Crippen molar-refractivity contribution in [3.63, 3.8) is 0 Å². The van der Waals surface area contributed by atoms with Gasteiger partial charge in [-0.1, -0.05) is 0 Å². The summed E-state index contributed by atoms with van der Waals surface area (Å²) >= 11 is 0. The van der Waals surface area contributed by atoms with E-state index in [1.807, 2.05) is 5.32 Å². The highest BCUT2D eigenvalue weighted by atomic mass is 16.4. The summed E-state index contributed by atoms with van der Waals surface area (Å²) in [6, 6.07) is -0.652. The van der Waals surface area contributed by atoms with Crippen LogP contribution in [0.25, 0.3) is 0 Å². The summed E-state index contributed by atoms with van der Waals surface area (Å²) in [5.74, 6) is -3.62. The van der Waals surface area contributed by atoms with Gasteiger partial charge in [0.1, 0.15) is 12.8 Å². The maximum Gasteiger partial charge on any atom is 0.330 e. The van der Waals surface area contributed by atoms with Crippen molar-refractivity contribution in [1.82, 2.24) is 10.2 Å². The van der Waals surface area contributed by atoms with Crippen LogP contribution < -0.4 is 5.32 Å². The number of aliphatic carboxylic acids is 2. The minimum absolute atomic E-state index is 0.234. The van der Waals surface area contributed by atoms with Crippen LogP contribution in [0, 0.1) is 0 Å². The Balaban J connectivity index is 0.000000325. The predicted molar refractivity (Wildman–Crippen MR) is 50.8 cm³/mol. The van der Waals surface area contributed by atoms with Gasteiger partial charge in [-0.25, -0.2) is 4.79 Å². The SMILES string of the molecule is CN1C(=O)CC(=O)NC1=O.O=C(O)CC(=O)O. The molecule has 1 heterocycles. The van der Waals surface area contributed by atoms with Crippen LogP contribution in [0.5, 0.6) is 0 Å². The molecule has 0 unspecified atom stereocenters. The summed E-state index contributed by atoms with van der Waals surface area (Å²) in [5, 5.41) is 17.4. The molecule has 0 bridgehead atoms. The summed E-state index contributed by atoms with van der Waals surface area (Å²) in [5.41, 5.74) is 0. The van der Waals surface area contributed by atoms with E-state index >= 15 is 0 Å². The van der Waals surface area contributed by atoms with Gasteiger partial charge in [0.15, 0.2) is 0 Å². The first-order valence-corrected chi connectivity index (χ1v) is 4.28. The monoisotopic (exact) mass is 246 g/mol. The van der Waals surface area contributed by atoms with Crippen LogP contribution >= 0.6 is 0 Å². The highest BCUT2D eigenvalue weighted by Crippen LogP contribution is 1.97. The van der Waals surface area contributed by atoms with Crippen LogP contribution in [0.4, 0.5) is 4.79 Å². The Morgan fingerprint density at radius 1 is 1.24 bits per heavy atom. The Kier molecular flexibility index (Phi) is 5.31. The highest BCUT2D eigenvalue weighted by Gasteiger charge is 2.26. The number of imide groups is 2. The average Bonchev–Trinajstić information content (AvgIpc) is 2.12. The van der Waals surface area contributed by atoms with Gasteiger partial charge >= 0.3 is 18.0 Å². The number of hydrogen-bond donors (Lipinski definition) is 3. The van der Waals surface area contributed by atoms with Crippen molar-refractivity contribution in [2.24, 2.45) is 0 Å². The molecule has 1 fully saturated rings. The molecule has 94 valence electrons. The molecular formula is C8H10N2O7. The van der Waals surface area contributed by atoms with Crippen LogP contribution in [-0.2, 0) is 19.2 Å². The number of nitrogens with one attached hydrogen (secondary N) is 1. The maximum atomic E-state index is 10.7. The normalized spacial score (nSPS) is 14.6. The minimum Gasteiger partial charge on any atom is -0.481 e. The van der Waals surface area contributed by atoms with E-state index < -0.39 is 36.2 Å². The van der Waals surface area contributed by atoms with E-state index in [-0.39, 0.29) is 6.42 Å². The molecule has 1 aliphatic heterocycles. The number of urea groups is 1. The molecule has 0 saturated carbocycles. The van der Waals surface area contributed by atoms with Crippen molar-refractivity contribution in [2.75, 3.05) is 7.05 Å². The lowest BCUT2D eigenvalue weighted by Crippen LogP contribution is -2.50. The number of amides is 4. The fourth-order valence-corrected chi connectivity index (χ4v) is 0.746. The average molecular weight is 246 g/mol. The zero-order chi connectivity index (χ0) is 13.6. The van der Waals surface area contributed by atoms with E-state index in [1.54, 1.807) is 0 Å². The molecule has 9 heteroatoms. The quantitative estimate of drug-likeness (QED) is 0.510. The van der Waals surface area contributed by atoms with Gasteiger partial charge in [-0.05, 0) is 0 Å². The Bertz CT molecular complexity index is 344. The van der Waals surface area contributed by atoms with Crippen molar-refractivity contribution in [3.05, 3.63) is 0 Å². The Morgan fingerprint density at radius 3 is 2.00 bits per heavy atom. The topological polar surface area (TPSA) is 141 Å². The van der Waals surface area contributed by atoms with Gasteiger partial charge in [0.25, 0.3) is 0 Å². The molecule has 1 saturated heterocycles. The van der Waals surface area contributed by atoms with Crippen molar-refractivity contribution in [2.45, 2.75) is 12.8 Å². The number of carboxylic acids is 2. The van der Waals surface area contributed by atoms with Crippen molar-refractivity contribution >= 4 is 29.8 Å².